The highest BCUT2D eigenvalue weighted by molar-refractivity contribution is 6.34. The number of hydrogen-bond acceptors (Lipinski definition) is 3. The molecule has 0 aliphatic carbocycles. The predicted octanol–water partition coefficient (Wildman–Crippen LogP) is 1.18. The summed E-state index contributed by atoms with van der Waals surface area (Å²) in [6.45, 7) is 0. The van der Waals surface area contributed by atoms with Gasteiger partial charge in [-0.3, -0.25) is 9.48 Å². The van der Waals surface area contributed by atoms with Gasteiger partial charge in [0, 0.05) is 18.9 Å². The molecule has 1 aromatic heterocycles. The maximum Gasteiger partial charge on any atom is 0.320 e. The lowest BCUT2D eigenvalue weighted by Crippen LogP contribution is -2.32. The van der Waals surface area contributed by atoms with Gasteiger partial charge >= 0.3 is 5.97 Å². The van der Waals surface area contributed by atoms with Crippen molar-refractivity contribution >= 4 is 28.5 Å². The van der Waals surface area contributed by atoms with Gasteiger partial charge in [-0.15, -0.1) is 0 Å². The number of aryl methyl sites for hydroxylation is 1. The highest BCUT2D eigenvalue weighted by Crippen LogP contribution is 2.25. The molecule has 0 amide bonds. The van der Waals surface area contributed by atoms with E-state index in [1.807, 2.05) is 18.2 Å². The molecule has 1 heterocycles. The van der Waals surface area contributed by atoms with E-state index in [-0.39, 0.29) is 6.42 Å². The summed E-state index contributed by atoms with van der Waals surface area (Å²) in [6.07, 6.45) is 0.253. The summed E-state index contributed by atoms with van der Waals surface area (Å²) in [6, 6.07) is 4.58. The van der Waals surface area contributed by atoms with Gasteiger partial charge in [-0.2, -0.15) is 5.10 Å². The van der Waals surface area contributed by atoms with Crippen LogP contribution < -0.4 is 5.73 Å². The van der Waals surface area contributed by atoms with Crippen LogP contribution in [-0.2, 0) is 18.3 Å². The van der Waals surface area contributed by atoms with E-state index in [1.54, 1.807) is 11.7 Å². The second kappa shape index (κ2) is 4.35. The summed E-state index contributed by atoms with van der Waals surface area (Å²) in [5, 5.41) is 14.1. The number of benzene rings is 1. The number of fused-ring (bicyclic) bond motifs is 1. The van der Waals surface area contributed by atoms with E-state index in [9.17, 15) is 4.79 Å². The van der Waals surface area contributed by atoms with Crippen molar-refractivity contribution in [3.05, 3.63) is 28.9 Å². The van der Waals surface area contributed by atoms with E-state index in [2.05, 4.69) is 5.10 Å². The molecule has 0 fully saturated rings. The topological polar surface area (TPSA) is 81.1 Å². The summed E-state index contributed by atoms with van der Waals surface area (Å²) >= 11 is 5.97. The van der Waals surface area contributed by atoms with Gasteiger partial charge in [0.15, 0.2) is 5.15 Å². The van der Waals surface area contributed by atoms with Gasteiger partial charge in [-0.25, -0.2) is 0 Å². The molecule has 0 spiro atoms. The third kappa shape index (κ3) is 2.11. The smallest absolute Gasteiger partial charge is 0.320 e. The van der Waals surface area contributed by atoms with Gasteiger partial charge in [0.05, 0.1) is 5.52 Å². The number of rotatable bonds is 3. The van der Waals surface area contributed by atoms with Crippen LogP contribution in [0.15, 0.2) is 18.2 Å². The molecule has 2 rings (SSSR count). The van der Waals surface area contributed by atoms with Crippen molar-refractivity contribution < 1.29 is 9.90 Å². The molecule has 0 saturated heterocycles. The van der Waals surface area contributed by atoms with Gasteiger partial charge in [-0.1, -0.05) is 23.7 Å². The first kappa shape index (κ1) is 11.9. The van der Waals surface area contributed by atoms with Crippen LogP contribution in [0.5, 0.6) is 0 Å². The molecule has 5 nitrogen and oxygen atoms in total. The molecule has 1 unspecified atom stereocenters. The highest BCUT2D eigenvalue weighted by Gasteiger charge is 2.16. The average Bonchev–Trinajstić information content (AvgIpc) is 2.55. The van der Waals surface area contributed by atoms with E-state index in [0.29, 0.717) is 5.15 Å². The molecular formula is C11H12ClN3O2. The molecule has 2 aromatic rings. The van der Waals surface area contributed by atoms with Crippen molar-refractivity contribution in [1.29, 1.82) is 0 Å². The minimum Gasteiger partial charge on any atom is -0.480 e. The maximum atomic E-state index is 10.8. The number of para-hydroxylation sites is 1. The zero-order valence-corrected chi connectivity index (χ0v) is 9.98. The van der Waals surface area contributed by atoms with Crippen LogP contribution >= 0.6 is 11.6 Å². The first-order chi connectivity index (χ1) is 8.00. The number of hydrogen-bond donors (Lipinski definition) is 2. The lowest BCUT2D eigenvalue weighted by atomic mass is 10.0. The molecule has 17 heavy (non-hydrogen) atoms. The Morgan fingerprint density at radius 1 is 1.65 bits per heavy atom. The number of halogens is 1. The first-order valence-electron chi connectivity index (χ1n) is 5.09. The second-order valence-electron chi connectivity index (χ2n) is 3.88. The molecule has 0 bridgehead atoms. The van der Waals surface area contributed by atoms with Crippen LogP contribution in [-0.4, -0.2) is 26.9 Å². The lowest BCUT2D eigenvalue weighted by Gasteiger charge is -2.08. The molecular weight excluding hydrogens is 242 g/mol. The maximum absolute atomic E-state index is 10.8. The van der Waals surface area contributed by atoms with Gasteiger partial charge in [0.1, 0.15) is 6.04 Å². The zero-order chi connectivity index (χ0) is 12.6. The minimum atomic E-state index is -1.02. The summed E-state index contributed by atoms with van der Waals surface area (Å²) in [5.41, 5.74) is 7.19. The Bertz CT molecular complexity index is 579. The normalized spacial score (nSPS) is 12.9. The largest absolute Gasteiger partial charge is 0.480 e. The number of carbonyl (C=O) groups is 1. The minimum absolute atomic E-state index is 0.253. The third-order valence-corrected chi connectivity index (χ3v) is 2.94. The summed E-state index contributed by atoms with van der Waals surface area (Å²) < 4.78 is 1.64. The second-order valence-corrected chi connectivity index (χ2v) is 4.23. The monoisotopic (exact) mass is 253 g/mol. The molecule has 90 valence electrons. The van der Waals surface area contributed by atoms with Gasteiger partial charge in [0.2, 0.25) is 0 Å². The molecule has 3 N–H and O–H groups in total. The fourth-order valence-corrected chi connectivity index (χ4v) is 2.13. The van der Waals surface area contributed by atoms with Crippen molar-refractivity contribution in [2.45, 2.75) is 12.5 Å². The number of carboxylic acid groups (broad SMARTS) is 1. The number of carboxylic acids is 1. The molecule has 6 heteroatoms. The van der Waals surface area contributed by atoms with Crippen molar-refractivity contribution in [3.63, 3.8) is 0 Å². The Morgan fingerprint density at radius 2 is 2.35 bits per heavy atom. The molecule has 0 aliphatic rings. The summed E-state index contributed by atoms with van der Waals surface area (Å²) in [5.74, 6) is -1.02. The van der Waals surface area contributed by atoms with E-state index in [4.69, 9.17) is 22.4 Å². The van der Waals surface area contributed by atoms with Crippen LogP contribution in [0.25, 0.3) is 10.9 Å². The van der Waals surface area contributed by atoms with Crippen LogP contribution in [0.1, 0.15) is 5.56 Å². The Hall–Kier alpha value is -1.59. The molecule has 0 aliphatic heterocycles. The van der Waals surface area contributed by atoms with E-state index >= 15 is 0 Å². The number of aliphatic carboxylic acids is 1. The Morgan fingerprint density at radius 3 is 3.00 bits per heavy atom. The van der Waals surface area contributed by atoms with Gasteiger partial charge < -0.3 is 10.8 Å². The van der Waals surface area contributed by atoms with Gasteiger partial charge in [-0.05, 0) is 11.6 Å². The molecule has 1 aromatic carbocycles. The summed E-state index contributed by atoms with van der Waals surface area (Å²) in [7, 11) is 1.77. The Kier molecular flexibility index (Phi) is 3.04. The van der Waals surface area contributed by atoms with E-state index in [0.717, 1.165) is 16.5 Å². The van der Waals surface area contributed by atoms with Crippen molar-refractivity contribution in [3.8, 4) is 0 Å². The van der Waals surface area contributed by atoms with Crippen LogP contribution in [0.3, 0.4) is 0 Å². The van der Waals surface area contributed by atoms with Crippen molar-refractivity contribution in [2.75, 3.05) is 0 Å². The molecule has 0 saturated carbocycles. The van der Waals surface area contributed by atoms with E-state index < -0.39 is 12.0 Å². The highest BCUT2D eigenvalue weighted by atomic mass is 35.5. The summed E-state index contributed by atoms with van der Waals surface area (Å²) in [4.78, 5) is 10.8. The van der Waals surface area contributed by atoms with Crippen LogP contribution in [0.2, 0.25) is 5.15 Å². The average molecular weight is 254 g/mol. The number of nitrogens with two attached hydrogens (primary N) is 1. The zero-order valence-electron chi connectivity index (χ0n) is 9.22. The van der Waals surface area contributed by atoms with Crippen molar-refractivity contribution in [2.24, 2.45) is 12.8 Å². The first-order valence-corrected chi connectivity index (χ1v) is 5.47. The Labute approximate surface area is 103 Å². The fourth-order valence-electron chi connectivity index (χ4n) is 1.86. The number of nitrogens with zero attached hydrogens (tertiary/aromatic N) is 2. The molecule has 1 atom stereocenters. The predicted molar refractivity (Wildman–Crippen MR) is 65.0 cm³/mol. The molecule has 0 radical (unpaired) electrons. The number of aromatic nitrogens is 2. The Balaban J connectivity index is 2.51. The third-order valence-electron chi connectivity index (χ3n) is 2.66. The van der Waals surface area contributed by atoms with Crippen molar-refractivity contribution in [1.82, 2.24) is 9.78 Å². The van der Waals surface area contributed by atoms with E-state index in [1.165, 1.54) is 0 Å². The standard InChI is InChI=1S/C11H12ClN3O2/c1-15-9-6(5-8(13)11(16)17)3-2-4-7(9)10(12)14-15/h2-4,8H,5,13H2,1H3,(H,16,17). The van der Waals surface area contributed by atoms with Crippen LogP contribution in [0.4, 0.5) is 0 Å². The quantitative estimate of drug-likeness (QED) is 0.861. The van der Waals surface area contributed by atoms with Crippen LogP contribution in [0, 0.1) is 0 Å². The lowest BCUT2D eigenvalue weighted by molar-refractivity contribution is -0.138. The van der Waals surface area contributed by atoms with Gasteiger partial charge in [0.25, 0.3) is 0 Å². The SMILES string of the molecule is Cn1nc(Cl)c2cccc(CC(N)C(=O)O)c21. The fraction of sp³-hybridized carbons (Fsp3) is 0.273.